The molecule has 1 aliphatic carbocycles. The first-order valence-electron chi connectivity index (χ1n) is 11.2. The van der Waals surface area contributed by atoms with Crippen molar-refractivity contribution >= 4 is 44.4 Å². The minimum atomic E-state index is -0.177. The smallest absolute Gasteiger partial charge is 0.233 e. The van der Waals surface area contributed by atoms with E-state index in [4.69, 9.17) is 4.74 Å². The number of carbonyl (C=O) groups excluding carboxylic acids is 3. The molecule has 3 atom stereocenters. The van der Waals surface area contributed by atoms with Gasteiger partial charge in [-0.15, -0.1) is 0 Å². The number of benzene rings is 1. The fourth-order valence-corrected chi connectivity index (χ4v) is 6.04. The fourth-order valence-electron chi connectivity index (χ4n) is 5.05. The number of hydrogen-bond acceptors (Lipinski definition) is 6. The summed E-state index contributed by atoms with van der Waals surface area (Å²) < 4.78 is 6.79. The van der Waals surface area contributed by atoms with E-state index in [1.54, 1.807) is 4.90 Å². The number of para-hydroxylation sites is 1. The quantitative estimate of drug-likeness (QED) is 0.642. The van der Waals surface area contributed by atoms with Gasteiger partial charge >= 0.3 is 0 Å². The maximum atomic E-state index is 13.3. The Morgan fingerprint density at radius 2 is 1.84 bits per heavy atom. The summed E-state index contributed by atoms with van der Waals surface area (Å²) in [5, 5.41) is 0.648. The minimum absolute atomic E-state index is 0.00566. The molecule has 164 valence electrons. The number of carbonyl (C=O) groups is 3. The predicted octanol–water partition coefficient (Wildman–Crippen LogP) is 3.37. The van der Waals surface area contributed by atoms with Crippen molar-refractivity contribution in [2.24, 2.45) is 11.8 Å². The van der Waals surface area contributed by atoms with Crippen LogP contribution in [0.5, 0.6) is 0 Å². The molecule has 1 aromatic heterocycles. The number of rotatable bonds is 6. The van der Waals surface area contributed by atoms with Crippen LogP contribution in [0, 0.1) is 11.8 Å². The number of fused-ring (bicyclic) bond motifs is 2. The Morgan fingerprint density at radius 1 is 1.10 bits per heavy atom. The molecule has 0 spiro atoms. The molecule has 1 aromatic carbocycles. The van der Waals surface area contributed by atoms with Crippen molar-refractivity contribution in [3.05, 3.63) is 24.3 Å². The number of imide groups is 1. The Labute approximate surface area is 185 Å². The number of anilines is 1. The van der Waals surface area contributed by atoms with Gasteiger partial charge in [0, 0.05) is 19.6 Å². The van der Waals surface area contributed by atoms with Crippen molar-refractivity contribution in [3.63, 3.8) is 0 Å². The number of hydrogen-bond donors (Lipinski definition) is 0. The minimum Gasteiger partial charge on any atom is -0.376 e. The van der Waals surface area contributed by atoms with Crippen molar-refractivity contribution in [1.29, 1.82) is 0 Å². The molecule has 2 saturated heterocycles. The molecule has 1 saturated carbocycles. The van der Waals surface area contributed by atoms with Crippen molar-refractivity contribution in [1.82, 2.24) is 9.88 Å². The third-order valence-corrected chi connectivity index (χ3v) is 7.77. The average molecular weight is 442 g/mol. The first kappa shape index (κ1) is 20.6. The molecule has 0 radical (unpaired) electrons. The third-order valence-electron chi connectivity index (χ3n) is 6.71. The van der Waals surface area contributed by atoms with Crippen molar-refractivity contribution < 1.29 is 19.1 Å². The van der Waals surface area contributed by atoms with Crippen molar-refractivity contribution in [2.45, 2.75) is 51.0 Å². The normalized spacial score (nSPS) is 25.9. The van der Waals surface area contributed by atoms with E-state index in [1.165, 1.54) is 16.2 Å². The molecule has 5 rings (SSSR count). The Morgan fingerprint density at radius 3 is 2.52 bits per heavy atom. The third kappa shape index (κ3) is 3.99. The van der Waals surface area contributed by atoms with Gasteiger partial charge in [-0.25, -0.2) is 4.98 Å². The summed E-state index contributed by atoms with van der Waals surface area (Å²) >= 11 is 1.48. The molecule has 3 heterocycles. The molecule has 2 aromatic rings. The molecule has 8 heteroatoms. The van der Waals surface area contributed by atoms with Gasteiger partial charge in [-0.05, 0) is 37.8 Å². The fraction of sp³-hybridized carbons (Fsp3) is 0.565. The van der Waals surface area contributed by atoms with Gasteiger partial charge in [0.2, 0.25) is 17.7 Å². The summed E-state index contributed by atoms with van der Waals surface area (Å²) in [6.45, 7) is 1.31. The lowest BCUT2D eigenvalue weighted by atomic mass is 9.81. The number of thiazole rings is 1. The molecule has 7 nitrogen and oxygen atoms in total. The highest BCUT2D eigenvalue weighted by atomic mass is 32.1. The summed E-state index contributed by atoms with van der Waals surface area (Å²) in [4.78, 5) is 46.5. The number of ether oxygens (including phenoxy) is 1. The summed E-state index contributed by atoms with van der Waals surface area (Å²) in [5.41, 5.74) is 0.863. The van der Waals surface area contributed by atoms with E-state index in [1.807, 2.05) is 24.3 Å². The second-order valence-corrected chi connectivity index (χ2v) is 9.69. The summed E-state index contributed by atoms with van der Waals surface area (Å²) in [6, 6.07) is 7.82. The van der Waals surface area contributed by atoms with Gasteiger partial charge in [0.25, 0.3) is 0 Å². The molecular weight excluding hydrogens is 414 g/mol. The van der Waals surface area contributed by atoms with Crippen LogP contribution in [0.15, 0.2) is 24.3 Å². The average Bonchev–Trinajstić information content (AvgIpc) is 3.50. The number of amides is 3. The number of nitrogens with zero attached hydrogens (tertiary/aromatic N) is 3. The van der Waals surface area contributed by atoms with Crippen LogP contribution in [0.4, 0.5) is 5.13 Å². The molecule has 3 amide bonds. The van der Waals surface area contributed by atoms with E-state index in [9.17, 15) is 14.4 Å². The lowest BCUT2D eigenvalue weighted by Gasteiger charge is -2.24. The molecular formula is C23H27N3O4S. The largest absolute Gasteiger partial charge is 0.376 e. The first-order chi connectivity index (χ1) is 15.1. The van der Waals surface area contributed by atoms with Gasteiger partial charge in [0.15, 0.2) is 5.13 Å². The van der Waals surface area contributed by atoms with Crippen molar-refractivity contribution in [3.8, 4) is 0 Å². The van der Waals surface area contributed by atoms with Crippen LogP contribution in [0.25, 0.3) is 10.2 Å². The van der Waals surface area contributed by atoms with Gasteiger partial charge in [0.05, 0.1) is 34.7 Å². The maximum Gasteiger partial charge on any atom is 0.233 e. The lowest BCUT2D eigenvalue weighted by molar-refractivity contribution is -0.140. The standard InChI is InChI=1S/C23H27N3O4S/c27-20(11-12-25-21(28)16-7-1-2-8-17(16)22(25)29)26(14-15-6-5-13-30-15)23-24-18-9-3-4-10-19(18)31-23/h3-4,9-10,15-17H,1-2,5-8,11-14H2/t15-,16-,17+/m1/s1. The Bertz CT molecular complexity index is 943. The van der Waals surface area contributed by atoms with E-state index in [2.05, 4.69) is 4.98 Å². The summed E-state index contributed by atoms with van der Waals surface area (Å²) in [7, 11) is 0. The molecule has 0 N–H and O–H groups in total. The van der Waals surface area contributed by atoms with Gasteiger partial charge in [-0.1, -0.05) is 36.3 Å². The second kappa shape index (κ2) is 8.67. The Balaban J connectivity index is 1.32. The molecule has 0 bridgehead atoms. The van der Waals surface area contributed by atoms with Gasteiger partial charge in [-0.3, -0.25) is 24.2 Å². The van der Waals surface area contributed by atoms with Crippen LogP contribution in [-0.4, -0.2) is 53.4 Å². The molecule has 3 fully saturated rings. The zero-order chi connectivity index (χ0) is 21.4. The van der Waals surface area contributed by atoms with Gasteiger partial charge < -0.3 is 4.74 Å². The monoisotopic (exact) mass is 441 g/mol. The highest BCUT2D eigenvalue weighted by molar-refractivity contribution is 7.22. The van der Waals surface area contributed by atoms with Crippen molar-refractivity contribution in [2.75, 3.05) is 24.6 Å². The summed E-state index contributed by atoms with van der Waals surface area (Å²) in [6.07, 6.45) is 5.59. The van der Waals surface area contributed by atoms with E-state index in [0.29, 0.717) is 18.3 Å². The second-order valence-electron chi connectivity index (χ2n) is 8.68. The van der Waals surface area contributed by atoms with E-state index in [-0.39, 0.29) is 48.6 Å². The highest BCUT2D eigenvalue weighted by Gasteiger charge is 2.48. The molecule has 0 unspecified atom stereocenters. The van der Waals surface area contributed by atoms with E-state index in [0.717, 1.165) is 48.7 Å². The predicted molar refractivity (Wildman–Crippen MR) is 118 cm³/mol. The summed E-state index contributed by atoms with van der Waals surface area (Å²) in [5.74, 6) is -0.654. The SMILES string of the molecule is O=C1[C@H]2CCCC[C@H]2C(=O)N1CCC(=O)N(C[C@H]1CCCO1)c1nc2ccccc2s1. The zero-order valence-electron chi connectivity index (χ0n) is 17.5. The zero-order valence-corrected chi connectivity index (χ0v) is 18.3. The topological polar surface area (TPSA) is 79.8 Å². The van der Waals surface area contributed by atoms with Crippen LogP contribution >= 0.6 is 11.3 Å². The molecule has 31 heavy (non-hydrogen) atoms. The Hall–Kier alpha value is -2.32. The number of aromatic nitrogens is 1. The van der Waals surface area contributed by atoms with Crippen LogP contribution in [0.2, 0.25) is 0 Å². The van der Waals surface area contributed by atoms with Crippen LogP contribution in [-0.2, 0) is 19.1 Å². The van der Waals surface area contributed by atoms with Crippen LogP contribution in [0.3, 0.4) is 0 Å². The van der Waals surface area contributed by atoms with Gasteiger partial charge in [-0.2, -0.15) is 0 Å². The lowest BCUT2D eigenvalue weighted by Crippen LogP contribution is -2.40. The molecule has 3 aliphatic rings. The van der Waals surface area contributed by atoms with E-state index < -0.39 is 0 Å². The number of likely N-dealkylation sites (tertiary alicyclic amines) is 1. The highest BCUT2D eigenvalue weighted by Crippen LogP contribution is 2.38. The van der Waals surface area contributed by atoms with Crippen LogP contribution in [0.1, 0.15) is 44.9 Å². The maximum absolute atomic E-state index is 13.3. The first-order valence-corrected chi connectivity index (χ1v) is 12.1. The Kier molecular flexibility index (Phi) is 5.75. The van der Waals surface area contributed by atoms with Gasteiger partial charge in [0.1, 0.15) is 0 Å². The molecule has 2 aliphatic heterocycles. The van der Waals surface area contributed by atoms with E-state index >= 15 is 0 Å². The van der Waals surface area contributed by atoms with Crippen LogP contribution < -0.4 is 4.90 Å².